The van der Waals surface area contributed by atoms with E-state index >= 15 is 0 Å². The summed E-state index contributed by atoms with van der Waals surface area (Å²) in [7, 11) is 1.43. The molecule has 0 radical (unpaired) electrons. The third-order valence-electron chi connectivity index (χ3n) is 3.67. The number of amides is 3. The molecule has 118 valence electrons. The van der Waals surface area contributed by atoms with Crippen molar-refractivity contribution in [1.29, 1.82) is 0 Å². The van der Waals surface area contributed by atoms with Crippen LogP contribution >= 0.6 is 23.2 Å². The van der Waals surface area contributed by atoms with E-state index in [4.69, 9.17) is 23.2 Å². The third-order valence-corrected chi connectivity index (χ3v) is 4.26. The van der Waals surface area contributed by atoms with Gasteiger partial charge in [-0.25, -0.2) is 4.79 Å². The molecule has 1 fully saturated rings. The van der Waals surface area contributed by atoms with Crippen molar-refractivity contribution < 1.29 is 14.4 Å². The summed E-state index contributed by atoms with van der Waals surface area (Å²) in [5.41, 5.74) is 0.815. The summed E-state index contributed by atoms with van der Waals surface area (Å²) in [4.78, 5) is 36.8. The standard InChI is InChI=1S/C15H16Cl2N2O3/c1-18-15(22)19-12(5-7-14(19)21)13(20)6-3-9-2-4-10(16)8-11(9)17/h2,4,8,12H,3,5-7H2,1H3,(H,18,22)/t12-/m0/s1. The van der Waals surface area contributed by atoms with Crippen LogP contribution in [0.1, 0.15) is 24.8 Å². The first-order valence-electron chi connectivity index (χ1n) is 6.94. The van der Waals surface area contributed by atoms with E-state index in [2.05, 4.69) is 5.32 Å². The number of carbonyl (C=O) groups excluding carboxylic acids is 3. The van der Waals surface area contributed by atoms with Crippen molar-refractivity contribution in [2.75, 3.05) is 7.05 Å². The Bertz CT molecular complexity index is 619. The van der Waals surface area contributed by atoms with Crippen molar-refractivity contribution in [3.63, 3.8) is 0 Å². The molecule has 2 rings (SSSR count). The van der Waals surface area contributed by atoms with Gasteiger partial charge in [0.05, 0.1) is 0 Å². The zero-order valence-corrected chi connectivity index (χ0v) is 13.6. The van der Waals surface area contributed by atoms with E-state index in [1.54, 1.807) is 18.2 Å². The quantitative estimate of drug-likeness (QED) is 0.914. The Labute approximate surface area is 138 Å². The molecular formula is C15H16Cl2N2O3. The number of nitrogens with one attached hydrogen (secondary N) is 1. The molecule has 7 heteroatoms. The lowest BCUT2D eigenvalue weighted by Gasteiger charge is -2.21. The smallest absolute Gasteiger partial charge is 0.324 e. The number of imide groups is 1. The van der Waals surface area contributed by atoms with Crippen LogP contribution in [0.2, 0.25) is 10.0 Å². The number of hydrogen-bond donors (Lipinski definition) is 1. The first-order chi connectivity index (χ1) is 10.4. The van der Waals surface area contributed by atoms with Crippen LogP contribution in [0.5, 0.6) is 0 Å². The maximum Gasteiger partial charge on any atom is 0.324 e. The summed E-state index contributed by atoms with van der Waals surface area (Å²) < 4.78 is 0. The zero-order valence-electron chi connectivity index (χ0n) is 12.1. The minimum Gasteiger partial charge on any atom is -0.341 e. The van der Waals surface area contributed by atoms with Crippen molar-refractivity contribution in [2.45, 2.75) is 31.7 Å². The molecule has 5 nitrogen and oxygen atoms in total. The molecule has 22 heavy (non-hydrogen) atoms. The average molecular weight is 343 g/mol. The van der Waals surface area contributed by atoms with Crippen molar-refractivity contribution in [3.05, 3.63) is 33.8 Å². The summed E-state index contributed by atoms with van der Waals surface area (Å²) in [5, 5.41) is 3.43. The predicted molar refractivity (Wildman–Crippen MR) is 84.1 cm³/mol. The lowest BCUT2D eigenvalue weighted by molar-refractivity contribution is -0.131. The van der Waals surface area contributed by atoms with E-state index < -0.39 is 12.1 Å². The highest BCUT2D eigenvalue weighted by Gasteiger charge is 2.39. The van der Waals surface area contributed by atoms with Crippen LogP contribution < -0.4 is 5.32 Å². The third kappa shape index (κ3) is 3.59. The second-order valence-electron chi connectivity index (χ2n) is 5.08. The largest absolute Gasteiger partial charge is 0.341 e. The molecule has 0 unspecified atom stereocenters. The van der Waals surface area contributed by atoms with Crippen LogP contribution in [0, 0.1) is 0 Å². The van der Waals surface area contributed by atoms with Gasteiger partial charge in [0.15, 0.2) is 5.78 Å². The number of Topliss-reactive ketones (excluding diaryl/α,β-unsaturated/α-hetero) is 1. The lowest BCUT2D eigenvalue weighted by Crippen LogP contribution is -2.47. The average Bonchev–Trinajstić information content (AvgIpc) is 2.87. The minimum atomic E-state index is -0.682. The maximum atomic E-state index is 12.3. The number of rotatable bonds is 4. The lowest BCUT2D eigenvalue weighted by atomic mass is 10.0. The van der Waals surface area contributed by atoms with Gasteiger partial charge in [0.2, 0.25) is 5.91 Å². The molecule has 1 heterocycles. The van der Waals surface area contributed by atoms with Crippen molar-refractivity contribution in [3.8, 4) is 0 Å². The van der Waals surface area contributed by atoms with E-state index in [9.17, 15) is 14.4 Å². The molecule has 1 aromatic rings. The highest BCUT2D eigenvalue weighted by molar-refractivity contribution is 6.35. The molecule has 0 spiro atoms. The molecule has 0 bridgehead atoms. The van der Waals surface area contributed by atoms with Gasteiger partial charge in [0.25, 0.3) is 0 Å². The van der Waals surface area contributed by atoms with Crippen LogP contribution in [-0.2, 0) is 16.0 Å². The van der Waals surface area contributed by atoms with Gasteiger partial charge in [-0.1, -0.05) is 29.3 Å². The zero-order chi connectivity index (χ0) is 16.3. The Hall–Kier alpha value is -1.59. The Kier molecular flexibility index (Phi) is 5.42. The molecule has 1 aliphatic heterocycles. The second-order valence-corrected chi connectivity index (χ2v) is 5.92. The molecule has 1 atom stereocenters. The topological polar surface area (TPSA) is 66.5 Å². The first kappa shape index (κ1) is 16.8. The van der Waals surface area contributed by atoms with E-state index in [0.717, 1.165) is 10.5 Å². The van der Waals surface area contributed by atoms with E-state index in [0.29, 0.717) is 22.9 Å². The highest BCUT2D eigenvalue weighted by atomic mass is 35.5. The van der Waals surface area contributed by atoms with Crippen molar-refractivity contribution in [1.82, 2.24) is 10.2 Å². The predicted octanol–water partition coefficient (Wildman–Crippen LogP) is 2.83. The van der Waals surface area contributed by atoms with Crippen LogP contribution in [-0.4, -0.2) is 35.7 Å². The van der Waals surface area contributed by atoms with Gasteiger partial charge in [-0.2, -0.15) is 0 Å². The van der Waals surface area contributed by atoms with Crippen LogP contribution in [0.15, 0.2) is 18.2 Å². The first-order valence-corrected chi connectivity index (χ1v) is 7.70. The summed E-state index contributed by atoms with van der Waals surface area (Å²) in [6, 6.07) is 3.89. The SMILES string of the molecule is CNC(=O)N1C(=O)CC[C@H]1C(=O)CCc1ccc(Cl)cc1Cl. The summed E-state index contributed by atoms with van der Waals surface area (Å²) in [5.74, 6) is -0.456. The normalized spacial score (nSPS) is 17.7. The molecule has 0 aromatic heterocycles. The molecule has 1 saturated heterocycles. The number of aryl methyl sites for hydroxylation is 1. The molecule has 0 saturated carbocycles. The summed E-state index contributed by atoms with van der Waals surface area (Å²) in [6.07, 6.45) is 1.25. The molecule has 1 N–H and O–H groups in total. The van der Waals surface area contributed by atoms with Crippen molar-refractivity contribution in [2.24, 2.45) is 0 Å². The number of benzene rings is 1. The fraction of sp³-hybridized carbons (Fsp3) is 0.400. The number of carbonyl (C=O) groups is 3. The van der Waals surface area contributed by atoms with Gasteiger partial charge in [-0.05, 0) is 30.5 Å². The summed E-state index contributed by atoms with van der Waals surface area (Å²) in [6.45, 7) is 0. The van der Waals surface area contributed by atoms with Gasteiger partial charge >= 0.3 is 6.03 Å². The Morgan fingerprint density at radius 2 is 2.09 bits per heavy atom. The number of ketones is 1. The van der Waals surface area contributed by atoms with Crippen LogP contribution in [0.25, 0.3) is 0 Å². The Morgan fingerprint density at radius 3 is 2.73 bits per heavy atom. The van der Waals surface area contributed by atoms with E-state index in [1.165, 1.54) is 7.05 Å². The molecule has 3 amide bonds. The number of urea groups is 1. The van der Waals surface area contributed by atoms with E-state index in [-0.39, 0.29) is 24.5 Å². The molecule has 0 aliphatic carbocycles. The van der Waals surface area contributed by atoms with Crippen molar-refractivity contribution >= 4 is 40.9 Å². The maximum absolute atomic E-state index is 12.3. The molecule has 1 aromatic carbocycles. The number of nitrogens with zero attached hydrogens (tertiary/aromatic N) is 1. The van der Waals surface area contributed by atoms with Crippen LogP contribution in [0.4, 0.5) is 4.79 Å². The van der Waals surface area contributed by atoms with Gasteiger partial charge in [-0.3, -0.25) is 14.5 Å². The van der Waals surface area contributed by atoms with E-state index in [1.807, 2.05) is 0 Å². The number of halogens is 2. The van der Waals surface area contributed by atoms with Gasteiger partial charge in [-0.15, -0.1) is 0 Å². The van der Waals surface area contributed by atoms with Gasteiger partial charge < -0.3 is 5.32 Å². The Morgan fingerprint density at radius 1 is 1.36 bits per heavy atom. The molecular weight excluding hydrogens is 327 g/mol. The monoisotopic (exact) mass is 342 g/mol. The summed E-state index contributed by atoms with van der Waals surface area (Å²) >= 11 is 11.9. The van der Waals surface area contributed by atoms with Gasteiger partial charge in [0, 0.05) is 29.9 Å². The number of hydrogen-bond acceptors (Lipinski definition) is 3. The highest BCUT2D eigenvalue weighted by Crippen LogP contribution is 2.24. The minimum absolute atomic E-state index is 0.138. The van der Waals surface area contributed by atoms with Gasteiger partial charge in [0.1, 0.15) is 6.04 Å². The number of likely N-dealkylation sites (tertiary alicyclic amines) is 1. The fourth-order valence-electron chi connectivity index (χ4n) is 2.51. The fourth-order valence-corrected chi connectivity index (χ4v) is 3.02. The Balaban J connectivity index is 2.02. The molecule has 1 aliphatic rings. The second kappa shape index (κ2) is 7.11. The van der Waals surface area contributed by atoms with Crippen LogP contribution in [0.3, 0.4) is 0 Å².